The van der Waals surface area contributed by atoms with Gasteiger partial charge < -0.3 is 4.90 Å². The minimum Gasteiger partial charge on any atom is -0.338 e. The topological polar surface area (TPSA) is 20.3 Å². The Kier molecular flexibility index (Phi) is 4.44. The molecule has 2 rings (SSSR count). The Morgan fingerprint density at radius 1 is 1.44 bits per heavy atom. The standard InChI is InChI=1S/C15H20BrNO/c1-11-5-6-12(2)14(8-11)15(18)17-7-3-4-13(9-16)10-17/h5-6,8,13H,3-4,7,9-10H2,1-2H3. The normalized spacial score (nSPS) is 19.9. The van der Waals surface area contributed by atoms with Crippen LogP contribution in [-0.2, 0) is 0 Å². The quantitative estimate of drug-likeness (QED) is 0.765. The molecule has 0 radical (unpaired) electrons. The number of halogens is 1. The van der Waals surface area contributed by atoms with Crippen LogP contribution in [0.1, 0.15) is 34.3 Å². The number of carbonyl (C=O) groups excluding carboxylic acids is 1. The molecule has 2 nitrogen and oxygen atoms in total. The molecule has 98 valence electrons. The highest BCUT2D eigenvalue weighted by Gasteiger charge is 2.24. The van der Waals surface area contributed by atoms with Crippen LogP contribution in [0.5, 0.6) is 0 Å². The molecule has 1 aromatic carbocycles. The van der Waals surface area contributed by atoms with Crippen molar-refractivity contribution in [3.63, 3.8) is 0 Å². The Morgan fingerprint density at radius 2 is 2.22 bits per heavy atom. The average Bonchev–Trinajstić information content (AvgIpc) is 2.41. The van der Waals surface area contributed by atoms with Crippen molar-refractivity contribution < 1.29 is 4.79 Å². The molecule has 1 saturated heterocycles. The fraction of sp³-hybridized carbons (Fsp3) is 0.533. The van der Waals surface area contributed by atoms with Gasteiger partial charge in [0.05, 0.1) is 0 Å². The van der Waals surface area contributed by atoms with Gasteiger partial charge in [-0.25, -0.2) is 0 Å². The molecule has 0 aliphatic carbocycles. The number of alkyl halides is 1. The first-order valence-electron chi connectivity index (χ1n) is 6.54. The molecule has 1 amide bonds. The van der Waals surface area contributed by atoms with E-state index in [2.05, 4.69) is 22.0 Å². The Morgan fingerprint density at radius 3 is 2.94 bits per heavy atom. The van der Waals surface area contributed by atoms with Gasteiger partial charge in [0.15, 0.2) is 0 Å². The molecule has 1 aromatic rings. The number of likely N-dealkylation sites (tertiary alicyclic amines) is 1. The molecular weight excluding hydrogens is 290 g/mol. The highest BCUT2D eigenvalue weighted by Crippen LogP contribution is 2.21. The van der Waals surface area contributed by atoms with Crippen LogP contribution < -0.4 is 0 Å². The summed E-state index contributed by atoms with van der Waals surface area (Å²) >= 11 is 3.53. The lowest BCUT2D eigenvalue weighted by Crippen LogP contribution is -2.40. The zero-order valence-electron chi connectivity index (χ0n) is 11.1. The van der Waals surface area contributed by atoms with E-state index in [9.17, 15) is 4.79 Å². The summed E-state index contributed by atoms with van der Waals surface area (Å²) < 4.78 is 0. The number of piperidine rings is 1. The molecule has 3 heteroatoms. The molecule has 0 bridgehead atoms. The third kappa shape index (κ3) is 2.94. The lowest BCUT2D eigenvalue weighted by Gasteiger charge is -2.32. The maximum atomic E-state index is 12.5. The van der Waals surface area contributed by atoms with Gasteiger partial charge in [0, 0.05) is 24.0 Å². The van der Waals surface area contributed by atoms with E-state index in [1.54, 1.807) is 0 Å². The first kappa shape index (κ1) is 13.6. The Hall–Kier alpha value is -0.830. The number of benzene rings is 1. The third-order valence-corrected chi connectivity index (χ3v) is 4.56. The van der Waals surface area contributed by atoms with Gasteiger partial charge in [-0.15, -0.1) is 0 Å². The first-order chi connectivity index (χ1) is 8.61. The first-order valence-corrected chi connectivity index (χ1v) is 7.66. The highest BCUT2D eigenvalue weighted by atomic mass is 79.9. The molecule has 0 aromatic heterocycles. The van der Waals surface area contributed by atoms with E-state index in [0.717, 1.165) is 41.5 Å². The summed E-state index contributed by atoms with van der Waals surface area (Å²) in [4.78, 5) is 14.6. The second-order valence-electron chi connectivity index (χ2n) is 5.23. The maximum absolute atomic E-state index is 12.5. The van der Waals surface area contributed by atoms with Crippen LogP contribution in [0.2, 0.25) is 0 Å². The number of carbonyl (C=O) groups is 1. The van der Waals surface area contributed by atoms with Crippen molar-refractivity contribution in [2.75, 3.05) is 18.4 Å². The third-order valence-electron chi connectivity index (χ3n) is 3.65. The summed E-state index contributed by atoms with van der Waals surface area (Å²) in [6, 6.07) is 6.10. The smallest absolute Gasteiger partial charge is 0.254 e. The van der Waals surface area contributed by atoms with Gasteiger partial charge in [0.25, 0.3) is 5.91 Å². The summed E-state index contributed by atoms with van der Waals surface area (Å²) in [5, 5.41) is 0.990. The molecule has 0 N–H and O–H groups in total. The maximum Gasteiger partial charge on any atom is 0.254 e. The van der Waals surface area contributed by atoms with Gasteiger partial charge in [0.1, 0.15) is 0 Å². The van der Waals surface area contributed by atoms with Gasteiger partial charge in [-0.2, -0.15) is 0 Å². The van der Waals surface area contributed by atoms with E-state index in [4.69, 9.17) is 0 Å². The molecule has 1 aliphatic rings. The van der Waals surface area contributed by atoms with Gasteiger partial charge in [-0.1, -0.05) is 33.6 Å². The van der Waals surface area contributed by atoms with Crippen LogP contribution in [0, 0.1) is 19.8 Å². The van der Waals surface area contributed by atoms with Crippen LogP contribution in [-0.4, -0.2) is 29.2 Å². The van der Waals surface area contributed by atoms with Gasteiger partial charge in [-0.3, -0.25) is 4.79 Å². The number of amides is 1. The van der Waals surface area contributed by atoms with Crippen molar-refractivity contribution in [2.24, 2.45) is 5.92 Å². The van der Waals surface area contributed by atoms with Gasteiger partial charge in [-0.05, 0) is 44.2 Å². The van der Waals surface area contributed by atoms with Crippen molar-refractivity contribution in [3.8, 4) is 0 Å². The molecule has 1 aliphatic heterocycles. The molecule has 1 unspecified atom stereocenters. The fourth-order valence-corrected chi connectivity index (χ4v) is 3.04. The Balaban J connectivity index is 2.17. The summed E-state index contributed by atoms with van der Waals surface area (Å²) in [5.74, 6) is 0.801. The lowest BCUT2D eigenvalue weighted by molar-refractivity contribution is 0.0685. The Labute approximate surface area is 117 Å². The largest absolute Gasteiger partial charge is 0.338 e. The van der Waals surface area contributed by atoms with Crippen molar-refractivity contribution in [3.05, 3.63) is 34.9 Å². The number of nitrogens with zero attached hydrogens (tertiary/aromatic N) is 1. The number of rotatable bonds is 2. The lowest BCUT2D eigenvalue weighted by atomic mass is 9.98. The fourth-order valence-electron chi connectivity index (χ4n) is 2.51. The van der Waals surface area contributed by atoms with Gasteiger partial charge >= 0.3 is 0 Å². The van der Waals surface area contributed by atoms with E-state index in [-0.39, 0.29) is 5.91 Å². The molecule has 1 heterocycles. The van der Waals surface area contributed by atoms with Crippen LogP contribution in [0.15, 0.2) is 18.2 Å². The number of hydrogen-bond acceptors (Lipinski definition) is 1. The minimum absolute atomic E-state index is 0.196. The second kappa shape index (κ2) is 5.87. The van der Waals surface area contributed by atoms with Crippen LogP contribution >= 0.6 is 15.9 Å². The molecule has 0 spiro atoms. The zero-order chi connectivity index (χ0) is 13.1. The Bertz CT molecular complexity index is 444. The predicted molar refractivity (Wildman–Crippen MR) is 78.3 cm³/mol. The van der Waals surface area contributed by atoms with Crippen LogP contribution in [0.25, 0.3) is 0 Å². The van der Waals surface area contributed by atoms with Crippen LogP contribution in [0.4, 0.5) is 0 Å². The molecule has 18 heavy (non-hydrogen) atoms. The van der Waals surface area contributed by atoms with E-state index >= 15 is 0 Å². The SMILES string of the molecule is Cc1ccc(C)c(C(=O)N2CCCC(CBr)C2)c1. The molecular formula is C15H20BrNO. The summed E-state index contributed by atoms with van der Waals surface area (Å²) in [5.41, 5.74) is 3.09. The summed E-state index contributed by atoms with van der Waals surface area (Å²) in [6.07, 6.45) is 2.34. The average molecular weight is 310 g/mol. The van der Waals surface area contributed by atoms with E-state index in [0.29, 0.717) is 5.92 Å². The molecule has 0 saturated carbocycles. The van der Waals surface area contributed by atoms with Crippen molar-refractivity contribution in [2.45, 2.75) is 26.7 Å². The van der Waals surface area contributed by atoms with Crippen molar-refractivity contribution in [1.82, 2.24) is 4.90 Å². The second-order valence-corrected chi connectivity index (χ2v) is 5.88. The monoisotopic (exact) mass is 309 g/mol. The molecule has 1 fully saturated rings. The summed E-state index contributed by atoms with van der Waals surface area (Å²) in [7, 11) is 0. The van der Waals surface area contributed by atoms with E-state index in [1.165, 1.54) is 6.42 Å². The summed E-state index contributed by atoms with van der Waals surface area (Å²) in [6.45, 7) is 5.83. The van der Waals surface area contributed by atoms with Crippen LogP contribution in [0.3, 0.4) is 0 Å². The van der Waals surface area contributed by atoms with Crippen molar-refractivity contribution in [1.29, 1.82) is 0 Å². The molecule has 1 atom stereocenters. The minimum atomic E-state index is 0.196. The van der Waals surface area contributed by atoms with Gasteiger partial charge in [0.2, 0.25) is 0 Å². The predicted octanol–water partition coefficient (Wildman–Crippen LogP) is 3.55. The van der Waals surface area contributed by atoms with E-state index in [1.807, 2.05) is 30.9 Å². The highest BCUT2D eigenvalue weighted by molar-refractivity contribution is 9.09. The number of aryl methyl sites for hydroxylation is 2. The van der Waals surface area contributed by atoms with E-state index < -0.39 is 0 Å². The zero-order valence-corrected chi connectivity index (χ0v) is 12.7. The van der Waals surface area contributed by atoms with Crippen molar-refractivity contribution >= 4 is 21.8 Å². The number of hydrogen-bond donors (Lipinski definition) is 0.